The molecular weight excluding hydrogens is 521 g/mol. The number of hydrogen-bond donors (Lipinski definition) is 1. The van der Waals surface area contributed by atoms with Gasteiger partial charge in [0.2, 0.25) is 11.8 Å². The minimum atomic E-state index is -1.29. The lowest BCUT2D eigenvalue weighted by molar-refractivity contribution is -0.142. The van der Waals surface area contributed by atoms with Crippen LogP contribution >= 0.6 is 0 Å². The standard InChI is InChI=1S/C30H27F3N4O3/c1-3-37-15(2)20(21-10-19(31)11-23(32)26(21)33)8-16(28(37)39)9-25(38)18-7-17-12-30(13-24(17)35-14-18)22-5-4-6-34-27(22)36-29(30)40/h4-7,10-11,14-16,20H,3,8-9,12-13H2,1-2H3,(H,34,36,40)/t15-,16-,20-,30+/m1/s1. The smallest absolute Gasteiger partial charge is 0.237 e. The third kappa shape index (κ3) is 4.00. The minimum Gasteiger partial charge on any atom is -0.339 e. The quantitative estimate of drug-likeness (QED) is 0.375. The Labute approximate surface area is 228 Å². The number of likely N-dealkylation sites (N-methyl/N-ethyl adjacent to an activating group) is 1. The predicted octanol–water partition coefficient (Wildman–Crippen LogP) is 4.50. The Morgan fingerprint density at radius 2 is 1.95 bits per heavy atom. The van der Waals surface area contributed by atoms with E-state index in [0.29, 0.717) is 36.8 Å². The van der Waals surface area contributed by atoms with Crippen LogP contribution in [0.4, 0.5) is 19.0 Å². The number of carbonyl (C=O) groups excluding carboxylic acids is 3. The Balaban J connectivity index is 1.25. The number of aromatic nitrogens is 2. The van der Waals surface area contributed by atoms with Crippen molar-refractivity contribution in [2.75, 3.05) is 11.9 Å². The SMILES string of the molecule is CCN1C(=O)[C@@H](CC(=O)c2cnc3c(c2)C[C@@]2(C3)C(=O)Nc3ncccc32)C[C@@H](c2cc(F)cc(F)c2F)[C@H]1C. The first-order valence-electron chi connectivity index (χ1n) is 13.4. The van der Waals surface area contributed by atoms with Crippen molar-refractivity contribution in [3.8, 4) is 0 Å². The van der Waals surface area contributed by atoms with E-state index in [-0.39, 0.29) is 36.0 Å². The van der Waals surface area contributed by atoms with Gasteiger partial charge in [0, 0.05) is 72.5 Å². The highest BCUT2D eigenvalue weighted by molar-refractivity contribution is 6.06. The molecule has 0 saturated carbocycles. The molecule has 7 nitrogen and oxygen atoms in total. The molecule has 206 valence electrons. The molecular formula is C30H27F3N4O3. The summed E-state index contributed by atoms with van der Waals surface area (Å²) < 4.78 is 42.8. The summed E-state index contributed by atoms with van der Waals surface area (Å²) in [4.78, 5) is 50.0. The van der Waals surface area contributed by atoms with Crippen LogP contribution in [-0.2, 0) is 27.8 Å². The first-order chi connectivity index (χ1) is 19.1. The number of piperidine rings is 1. The van der Waals surface area contributed by atoms with Crippen LogP contribution in [0.25, 0.3) is 0 Å². The van der Waals surface area contributed by atoms with E-state index in [2.05, 4.69) is 15.3 Å². The Morgan fingerprint density at radius 3 is 2.73 bits per heavy atom. The number of ketones is 1. The number of nitrogens with zero attached hydrogens (tertiary/aromatic N) is 3. The average Bonchev–Trinajstić information content (AvgIpc) is 3.45. The molecule has 4 atom stereocenters. The predicted molar refractivity (Wildman–Crippen MR) is 139 cm³/mol. The number of carbonyl (C=O) groups is 3. The fourth-order valence-corrected chi connectivity index (χ4v) is 6.71. The first-order valence-corrected chi connectivity index (χ1v) is 13.4. The summed E-state index contributed by atoms with van der Waals surface area (Å²) >= 11 is 0. The second kappa shape index (κ2) is 9.53. The van der Waals surface area contributed by atoms with E-state index in [1.807, 2.05) is 6.07 Å². The lowest BCUT2D eigenvalue weighted by atomic mass is 9.76. The summed E-state index contributed by atoms with van der Waals surface area (Å²) in [5.74, 6) is -4.99. The summed E-state index contributed by atoms with van der Waals surface area (Å²) in [6.07, 6.45) is 3.76. The molecule has 2 aromatic heterocycles. The second-order valence-electron chi connectivity index (χ2n) is 10.9. The van der Waals surface area contributed by atoms with E-state index in [9.17, 15) is 27.6 Å². The molecule has 1 spiro atoms. The molecule has 2 amide bonds. The number of anilines is 1. The molecule has 6 rings (SSSR count). The number of Topliss-reactive ketones (excluding diaryl/α,β-unsaturated/α-hetero) is 1. The van der Waals surface area contributed by atoms with Crippen LogP contribution in [-0.4, -0.2) is 45.1 Å². The van der Waals surface area contributed by atoms with Crippen LogP contribution < -0.4 is 5.32 Å². The third-order valence-electron chi connectivity index (χ3n) is 8.77. The van der Waals surface area contributed by atoms with E-state index >= 15 is 0 Å². The summed E-state index contributed by atoms with van der Waals surface area (Å²) in [7, 11) is 0. The number of pyridine rings is 2. The highest BCUT2D eigenvalue weighted by atomic mass is 19.2. The van der Waals surface area contributed by atoms with Crippen LogP contribution in [0, 0.1) is 23.4 Å². The van der Waals surface area contributed by atoms with E-state index < -0.39 is 40.7 Å². The van der Waals surface area contributed by atoms with Gasteiger partial charge < -0.3 is 10.2 Å². The van der Waals surface area contributed by atoms with Gasteiger partial charge in [-0.2, -0.15) is 0 Å². The van der Waals surface area contributed by atoms with Crippen molar-refractivity contribution < 1.29 is 27.6 Å². The molecule has 10 heteroatoms. The van der Waals surface area contributed by atoms with Gasteiger partial charge in [0.25, 0.3) is 0 Å². The lowest BCUT2D eigenvalue weighted by Gasteiger charge is -2.42. The maximum absolute atomic E-state index is 14.7. The van der Waals surface area contributed by atoms with Crippen molar-refractivity contribution in [3.05, 3.63) is 88.1 Å². The number of halogens is 3. The zero-order valence-electron chi connectivity index (χ0n) is 22.0. The van der Waals surface area contributed by atoms with Crippen LogP contribution in [0.1, 0.15) is 65.3 Å². The summed E-state index contributed by atoms with van der Waals surface area (Å²) in [5.41, 5.74) is 1.67. The van der Waals surface area contributed by atoms with Crippen molar-refractivity contribution in [1.82, 2.24) is 14.9 Å². The second-order valence-corrected chi connectivity index (χ2v) is 10.9. The fraction of sp³-hybridized carbons (Fsp3) is 0.367. The van der Waals surface area contributed by atoms with E-state index in [1.54, 1.807) is 32.2 Å². The monoisotopic (exact) mass is 548 g/mol. The van der Waals surface area contributed by atoms with Crippen LogP contribution in [0.5, 0.6) is 0 Å². The highest BCUT2D eigenvalue weighted by Gasteiger charge is 2.51. The van der Waals surface area contributed by atoms with Gasteiger partial charge in [-0.3, -0.25) is 19.4 Å². The van der Waals surface area contributed by atoms with Crippen LogP contribution in [0.2, 0.25) is 0 Å². The molecule has 40 heavy (non-hydrogen) atoms. The number of likely N-dealkylation sites (tertiary alicyclic amines) is 1. The number of nitrogens with one attached hydrogen (secondary N) is 1. The summed E-state index contributed by atoms with van der Waals surface area (Å²) in [6.45, 7) is 3.80. The fourth-order valence-electron chi connectivity index (χ4n) is 6.71. The molecule has 1 aliphatic carbocycles. The molecule has 4 heterocycles. The van der Waals surface area contributed by atoms with Gasteiger partial charge in [-0.1, -0.05) is 6.07 Å². The molecule has 0 bridgehead atoms. The van der Waals surface area contributed by atoms with Gasteiger partial charge >= 0.3 is 0 Å². The van der Waals surface area contributed by atoms with Gasteiger partial charge in [0.1, 0.15) is 11.6 Å². The molecule has 1 saturated heterocycles. The van der Waals surface area contributed by atoms with Crippen LogP contribution in [0.15, 0.2) is 42.7 Å². The molecule has 3 aliphatic rings. The number of amides is 2. The minimum absolute atomic E-state index is 0.0769. The Bertz CT molecular complexity index is 1580. The summed E-state index contributed by atoms with van der Waals surface area (Å²) in [6, 6.07) is 6.34. The third-order valence-corrected chi connectivity index (χ3v) is 8.77. The highest BCUT2D eigenvalue weighted by Crippen LogP contribution is 2.46. The zero-order valence-corrected chi connectivity index (χ0v) is 22.0. The maximum Gasteiger partial charge on any atom is 0.237 e. The number of rotatable bonds is 5. The first kappa shape index (κ1) is 26.2. The largest absolute Gasteiger partial charge is 0.339 e. The van der Waals surface area contributed by atoms with Gasteiger partial charge in [-0.05, 0) is 56.0 Å². The number of fused-ring (bicyclic) bond motifs is 3. The molecule has 1 N–H and O–H groups in total. The van der Waals surface area contributed by atoms with Gasteiger partial charge in [-0.15, -0.1) is 0 Å². The molecule has 2 aliphatic heterocycles. The van der Waals surface area contributed by atoms with Gasteiger partial charge in [0.15, 0.2) is 17.4 Å². The maximum atomic E-state index is 14.7. The Kier molecular flexibility index (Phi) is 6.23. The van der Waals surface area contributed by atoms with Crippen molar-refractivity contribution in [3.63, 3.8) is 0 Å². The van der Waals surface area contributed by atoms with Crippen molar-refractivity contribution in [1.29, 1.82) is 0 Å². The zero-order chi connectivity index (χ0) is 28.3. The van der Waals surface area contributed by atoms with Crippen molar-refractivity contribution >= 4 is 23.4 Å². The van der Waals surface area contributed by atoms with Gasteiger partial charge in [0.05, 0.1) is 5.41 Å². The Morgan fingerprint density at radius 1 is 1.15 bits per heavy atom. The van der Waals surface area contributed by atoms with Crippen molar-refractivity contribution in [2.45, 2.75) is 56.9 Å². The summed E-state index contributed by atoms with van der Waals surface area (Å²) in [5, 5.41) is 2.84. The lowest BCUT2D eigenvalue weighted by Crippen LogP contribution is -2.50. The average molecular weight is 549 g/mol. The Hall–Kier alpha value is -4.08. The number of hydrogen-bond acceptors (Lipinski definition) is 5. The topological polar surface area (TPSA) is 92.3 Å². The van der Waals surface area contributed by atoms with E-state index in [4.69, 9.17) is 0 Å². The van der Waals surface area contributed by atoms with E-state index in [0.717, 1.165) is 22.9 Å². The molecule has 3 aromatic rings. The molecule has 0 radical (unpaired) electrons. The van der Waals surface area contributed by atoms with Crippen molar-refractivity contribution in [2.24, 2.45) is 5.92 Å². The normalized spacial score (nSPS) is 25.2. The van der Waals surface area contributed by atoms with E-state index in [1.165, 1.54) is 11.1 Å². The van der Waals surface area contributed by atoms with Crippen LogP contribution in [0.3, 0.4) is 0 Å². The number of benzene rings is 1. The van der Waals surface area contributed by atoms with Gasteiger partial charge in [-0.25, -0.2) is 18.2 Å². The molecule has 1 fully saturated rings. The molecule has 1 aromatic carbocycles. The molecule has 0 unspecified atom stereocenters.